The average molecular weight is 348 g/mol. The molecule has 0 radical (unpaired) electrons. The lowest BCUT2D eigenvalue weighted by Gasteiger charge is -2.09. The minimum absolute atomic E-state index is 0.166. The Morgan fingerprint density at radius 1 is 1.28 bits per heavy atom. The van der Waals surface area contributed by atoms with Gasteiger partial charge < -0.3 is 10.3 Å². The van der Waals surface area contributed by atoms with E-state index in [2.05, 4.69) is 15.9 Å². The van der Waals surface area contributed by atoms with Gasteiger partial charge in [-0.25, -0.2) is 0 Å². The number of nitrogens with zero attached hydrogens (tertiary/aromatic N) is 1. The number of pyridine rings is 1. The molecule has 94 valence electrons. The second-order valence-electron chi connectivity index (χ2n) is 3.79. The van der Waals surface area contributed by atoms with Gasteiger partial charge in [0.05, 0.1) is 11.0 Å². The Morgan fingerprint density at radius 3 is 2.72 bits per heavy atom. The summed E-state index contributed by atoms with van der Waals surface area (Å²) in [5.74, 6) is 0. The Labute approximate surface area is 122 Å². The molecular formula is C12H9BrCl2N2O. The zero-order valence-electron chi connectivity index (χ0n) is 9.16. The maximum absolute atomic E-state index is 11.9. The van der Waals surface area contributed by atoms with Crippen molar-refractivity contribution in [1.82, 2.24) is 4.57 Å². The number of nitrogens with two attached hydrogens (primary N) is 1. The molecule has 0 aliphatic rings. The van der Waals surface area contributed by atoms with Gasteiger partial charge >= 0.3 is 0 Å². The molecule has 1 aromatic heterocycles. The number of halogens is 3. The molecule has 0 amide bonds. The number of hydrogen-bond acceptors (Lipinski definition) is 2. The molecule has 0 bridgehead atoms. The highest BCUT2D eigenvalue weighted by atomic mass is 79.9. The largest absolute Gasteiger partial charge is 0.398 e. The number of aromatic nitrogens is 1. The van der Waals surface area contributed by atoms with Gasteiger partial charge in [-0.3, -0.25) is 4.79 Å². The predicted octanol–water partition coefficient (Wildman–Crippen LogP) is 3.55. The van der Waals surface area contributed by atoms with Crippen LogP contribution in [0.25, 0.3) is 0 Å². The Bertz CT molecular complexity index is 655. The molecule has 2 N–H and O–H groups in total. The van der Waals surface area contributed by atoms with Crippen LogP contribution < -0.4 is 11.3 Å². The number of benzene rings is 1. The van der Waals surface area contributed by atoms with Gasteiger partial charge in [0.25, 0.3) is 5.56 Å². The van der Waals surface area contributed by atoms with E-state index in [1.165, 1.54) is 4.57 Å². The van der Waals surface area contributed by atoms with Crippen LogP contribution in [0.4, 0.5) is 5.69 Å². The number of anilines is 1. The molecule has 0 saturated heterocycles. The second kappa shape index (κ2) is 5.34. The van der Waals surface area contributed by atoms with Crippen molar-refractivity contribution in [2.45, 2.75) is 6.54 Å². The Balaban J connectivity index is 2.46. The van der Waals surface area contributed by atoms with E-state index in [-0.39, 0.29) is 5.56 Å². The highest BCUT2D eigenvalue weighted by Gasteiger charge is 2.07. The van der Waals surface area contributed by atoms with Crippen LogP contribution in [0, 0.1) is 0 Å². The summed E-state index contributed by atoms with van der Waals surface area (Å²) < 4.78 is 1.90. The number of hydrogen-bond donors (Lipinski definition) is 1. The Morgan fingerprint density at radius 2 is 2.00 bits per heavy atom. The van der Waals surface area contributed by atoms with Crippen molar-refractivity contribution in [2.24, 2.45) is 0 Å². The minimum Gasteiger partial charge on any atom is -0.398 e. The number of nitrogen functional groups attached to an aromatic ring is 1. The van der Waals surface area contributed by atoms with Crippen LogP contribution >= 0.6 is 39.1 Å². The monoisotopic (exact) mass is 346 g/mol. The molecule has 0 aliphatic heterocycles. The van der Waals surface area contributed by atoms with Crippen molar-refractivity contribution in [2.75, 3.05) is 5.73 Å². The van der Waals surface area contributed by atoms with Crippen molar-refractivity contribution in [3.05, 3.63) is 60.9 Å². The van der Waals surface area contributed by atoms with E-state index in [9.17, 15) is 4.79 Å². The third-order valence-electron chi connectivity index (χ3n) is 2.41. The third-order valence-corrected chi connectivity index (χ3v) is 3.58. The van der Waals surface area contributed by atoms with E-state index in [0.717, 1.165) is 5.56 Å². The van der Waals surface area contributed by atoms with Crippen molar-refractivity contribution in [3.63, 3.8) is 0 Å². The van der Waals surface area contributed by atoms with Gasteiger partial charge in [0.1, 0.15) is 0 Å². The third kappa shape index (κ3) is 2.88. The summed E-state index contributed by atoms with van der Waals surface area (Å²) in [7, 11) is 0. The standard InChI is InChI=1S/C12H9BrCl2N2O/c13-10-4-9(16)6-17(12(10)18)5-7-3-8(14)1-2-11(7)15/h1-4,6H,5,16H2. The summed E-state index contributed by atoms with van der Waals surface area (Å²) in [6, 6.07) is 6.70. The highest BCUT2D eigenvalue weighted by molar-refractivity contribution is 9.10. The Kier molecular flexibility index (Phi) is 4.00. The van der Waals surface area contributed by atoms with E-state index in [1.54, 1.807) is 30.5 Å². The van der Waals surface area contributed by atoms with Gasteiger partial charge in [-0.15, -0.1) is 0 Å². The van der Waals surface area contributed by atoms with Gasteiger partial charge in [-0.05, 0) is 45.8 Å². The molecule has 2 aromatic rings. The molecule has 1 aromatic carbocycles. The van der Waals surface area contributed by atoms with Crippen LogP contribution in [0.2, 0.25) is 10.0 Å². The van der Waals surface area contributed by atoms with Gasteiger partial charge in [-0.2, -0.15) is 0 Å². The van der Waals surface area contributed by atoms with Crippen molar-refractivity contribution in [1.29, 1.82) is 0 Å². The molecular weight excluding hydrogens is 339 g/mol. The summed E-state index contributed by atoms with van der Waals surface area (Å²) in [5, 5.41) is 1.13. The molecule has 3 nitrogen and oxygen atoms in total. The first-order valence-corrected chi connectivity index (χ1v) is 6.61. The molecule has 1 heterocycles. The molecule has 0 atom stereocenters. The van der Waals surface area contributed by atoms with Gasteiger partial charge in [-0.1, -0.05) is 23.2 Å². The number of rotatable bonds is 2. The van der Waals surface area contributed by atoms with Crippen LogP contribution in [0.1, 0.15) is 5.56 Å². The Hall–Kier alpha value is -0.970. The van der Waals surface area contributed by atoms with Crippen LogP contribution in [0.15, 0.2) is 39.7 Å². The zero-order valence-corrected chi connectivity index (χ0v) is 12.3. The summed E-state index contributed by atoms with van der Waals surface area (Å²) in [6.07, 6.45) is 1.57. The van der Waals surface area contributed by atoms with Crippen LogP contribution in [0.5, 0.6) is 0 Å². The topological polar surface area (TPSA) is 48.0 Å². The molecule has 0 spiro atoms. The average Bonchev–Trinajstić information content (AvgIpc) is 2.30. The zero-order chi connectivity index (χ0) is 13.3. The SMILES string of the molecule is Nc1cc(Br)c(=O)n(Cc2cc(Cl)ccc2Cl)c1. The van der Waals surface area contributed by atoms with Crippen molar-refractivity contribution in [3.8, 4) is 0 Å². The molecule has 0 unspecified atom stereocenters. The quantitative estimate of drug-likeness (QED) is 0.903. The lowest BCUT2D eigenvalue weighted by Crippen LogP contribution is -2.21. The van der Waals surface area contributed by atoms with Crippen LogP contribution in [-0.2, 0) is 6.54 Å². The second-order valence-corrected chi connectivity index (χ2v) is 5.49. The maximum Gasteiger partial charge on any atom is 0.265 e. The summed E-state index contributed by atoms with van der Waals surface area (Å²) in [6.45, 7) is 0.321. The first-order chi connectivity index (χ1) is 8.47. The first-order valence-electron chi connectivity index (χ1n) is 5.07. The van der Waals surface area contributed by atoms with E-state index in [1.807, 2.05) is 0 Å². The normalized spacial score (nSPS) is 10.6. The molecule has 0 saturated carbocycles. The minimum atomic E-state index is -0.166. The summed E-state index contributed by atoms with van der Waals surface area (Å²) >= 11 is 15.1. The highest BCUT2D eigenvalue weighted by Crippen LogP contribution is 2.21. The van der Waals surface area contributed by atoms with E-state index >= 15 is 0 Å². The molecule has 0 aliphatic carbocycles. The lowest BCUT2D eigenvalue weighted by molar-refractivity contribution is 0.757. The van der Waals surface area contributed by atoms with Crippen molar-refractivity contribution < 1.29 is 0 Å². The van der Waals surface area contributed by atoms with E-state index in [4.69, 9.17) is 28.9 Å². The molecule has 2 rings (SSSR count). The van der Waals surface area contributed by atoms with E-state index in [0.29, 0.717) is 26.8 Å². The molecule has 0 fully saturated rings. The van der Waals surface area contributed by atoms with Crippen molar-refractivity contribution >= 4 is 44.8 Å². The summed E-state index contributed by atoms with van der Waals surface area (Å²) in [4.78, 5) is 11.9. The first kappa shape index (κ1) is 13.5. The van der Waals surface area contributed by atoms with Crippen LogP contribution in [-0.4, -0.2) is 4.57 Å². The van der Waals surface area contributed by atoms with Gasteiger partial charge in [0.15, 0.2) is 0 Å². The maximum atomic E-state index is 11.9. The van der Waals surface area contributed by atoms with Crippen LogP contribution in [0.3, 0.4) is 0 Å². The predicted molar refractivity (Wildman–Crippen MR) is 78.4 cm³/mol. The summed E-state index contributed by atoms with van der Waals surface area (Å²) in [5.41, 5.74) is 6.80. The fourth-order valence-corrected chi connectivity index (χ4v) is 2.45. The molecule has 6 heteroatoms. The molecule has 18 heavy (non-hydrogen) atoms. The van der Waals surface area contributed by atoms with Gasteiger partial charge in [0.2, 0.25) is 0 Å². The fraction of sp³-hybridized carbons (Fsp3) is 0.0833. The van der Waals surface area contributed by atoms with E-state index < -0.39 is 0 Å². The van der Waals surface area contributed by atoms with Gasteiger partial charge in [0, 0.05) is 21.9 Å². The lowest BCUT2D eigenvalue weighted by atomic mass is 10.2. The fourth-order valence-electron chi connectivity index (χ4n) is 1.59. The smallest absolute Gasteiger partial charge is 0.265 e.